The fourth-order valence-corrected chi connectivity index (χ4v) is 5.34. The molecule has 4 atom stereocenters. The summed E-state index contributed by atoms with van der Waals surface area (Å²) in [5.41, 5.74) is 2.75. The highest BCUT2D eigenvalue weighted by Gasteiger charge is 2.54. The van der Waals surface area contributed by atoms with Crippen molar-refractivity contribution in [3.63, 3.8) is 0 Å². The fourth-order valence-electron chi connectivity index (χ4n) is 5.34. The van der Waals surface area contributed by atoms with Gasteiger partial charge in [-0.2, -0.15) is 0 Å². The zero-order valence-electron chi connectivity index (χ0n) is 14.4. The van der Waals surface area contributed by atoms with E-state index in [4.69, 9.17) is 0 Å². The molecule has 24 heavy (non-hydrogen) atoms. The molecule has 0 aromatic heterocycles. The Morgan fingerprint density at radius 1 is 1.08 bits per heavy atom. The van der Waals surface area contributed by atoms with Gasteiger partial charge < -0.3 is 5.11 Å². The maximum absolute atomic E-state index is 12.3. The van der Waals surface area contributed by atoms with Crippen LogP contribution in [-0.4, -0.2) is 10.9 Å². The van der Waals surface area contributed by atoms with Crippen LogP contribution in [0.15, 0.2) is 18.2 Å². The monoisotopic (exact) mass is 322 g/mol. The number of hydrogen-bond acceptors (Lipinski definition) is 2. The summed E-state index contributed by atoms with van der Waals surface area (Å²) < 4.78 is 0. The number of aryl methyl sites for hydroxylation is 1. The molecule has 1 N–H and O–H groups in total. The average Bonchev–Trinajstić information content (AvgIpc) is 2.93. The summed E-state index contributed by atoms with van der Waals surface area (Å²) >= 11 is 0. The Hall–Kier alpha value is -2.19. The van der Waals surface area contributed by atoms with Crippen LogP contribution in [0.5, 0.6) is 5.75 Å². The third-order valence-corrected chi connectivity index (χ3v) is 6.42. The third-order valence-electron chi connectivity index (χ3n) is 6.42. The Morgan fingerprint density at radius 3 is 2.50 bits per heavy atom. The van der Waals surface area contributed by atoms with Crippen LogP contribution < -0.4 is 0 Å². The van der Waals surface area contributed by atoms with Crippen LogP contribution in [0.25, 0.3) is 0 Å². The molecule has 0 radical (unpaired) electrons. The summed E-state index contributed by atoms with van der Waals surface area (Å²) in [5, 5.41) is 9.67. The van der Waals surface area contributed by atoms with E-state index in [2.05, 4.69) is 38.7 Å². The topological polar surface area (TPSA) is 37.3 Å². The quantitative estimate of drug-likeness (QED) is 0.722. The van der Waals surface area contributed by atoms with E-state index >= 15 is 0 Å². The van der Waals surface area contributed by atoms with Crippen LogP contribution in [0.4, 0.5) is 0 Å². The minimum atomic E-state index is -0.0322. The summed E-state index contributed by atoms with van der Waals surface area (Å²) in [6.07, 6.45) is 22.3. The van der Waals surface area contributed by atoms with Gasteiger partial charge >= 0.3 is 0 Å². The lowest BCUT2D eigenvalue weighted by atomic mass is 9.55. The van der Waals surface area contributed by atoms with Gasteiger partial charge in [-0.05, 0) is 73.1 Å². The number of hydrogen-bond donors (Lipinski definition) is 1. The highest BCUT2D eigenvalue weighted by atomic mass is 16.3. The second-order valence-corrected chi connectivity index (χ2v) is 7.22. The first-order chi connectivity index (χ1) is 11.6. The fraction of sp³-hybridized carbons (Fsp3) is 0.500. The molecule has 126 valence electrons. The highest BCUT2D eigenvalue weighted by Crippen LogP contribution is 2.59. The number of ketones is 1. The van der Waals surface area contributed by atoms with Crippen molar-refractivity contribution in [2.24, 2.45) is 17.3 Å². The van der Waals surface area contributed by atoms with E-state index in [-0.39, 0.29) is 5.41 Å². The van der Waals surface area contributed by atoms with Gasteiger partial charge in [0.05, 0.1) is 0 Å². The van der Waals surface area contributed by atoms with Crippen LogP contribution in [0.3, 0.4) is 0 Å². The molecule has 0 saturated heterocycles. The lowest BCUT2D eigenvalue weighted by molar-refractivity contribution is -0.129. The molecule has 3 aliphatic carbocycles. The first-order valence-electron chi connectivity index (χ1n) is 8.61. The number of carbonyl (C=O) groups is 1. The van der Waals surface area contributed by atoms with Gasteiger partial charge in [0.2, 0.25) is 0 Å². The average molecular weight is 322 g/mol. The number of carbonyl (C=O) groups excluding carboxylic acids is 1. The molecule has 0 heterocycles. The molecular weight excluding hydrogens is 296 g/mol. The Bertz CT molecular complexity index is 648. The van der Waals surface area contributed by atoms with Gasteiger partial charge in [-0.25, -0.2) is 0 Å². The molecule has 1 aromatic carbocycles. The largest absolute Gasteiger partial charge is 0.508 e. The van der Waals surface area contributed by atoms with Crippen molar-refractivity contribution in [2.75, 3.05) is 0 Å². The van der Waals surface area contributed by atoms with Crippen molar-refractivity contribution in [3.05, 3.63) is 29.3 Å². The zero-order chi connectivity index (χ0) is 17.9. The van der Waals surface area contributed by atoms with Crippen LogP contribution in [0.1, 0.15) is 56.1 Å². The first-order valence-corrected chi connectivity index (χ1v) is 8.61. The molecule has 0 amide bonds. The van der Waals surface area contributed by atoms with Gasteiger partial charge in [0, 0.05) is 11.8 Å². The van der Waals surface area contributed by atoms with Crippen molar-refractivity contribution in [1.82, 2.24) is 0 Å². The van der Waals surface area contributed by atoms with E-state index in [9.17, 15) is 9.90 Å². The highest BCUT2D eigenvalue weighted by molar-refractivity contribution is 5.87. The maximum atomic E-state index is 12.3. The van der Waals surface area contributed by atoms with Crippen LogP contribution >= 0.6 is 0 Å². The van der Waals surface area contributed by atoms with Crippen molar-refractivity contribution < 1.29 is 9.90 Å². The lowest BCUT2D eigenvalue weighted by Crippen LogP contribution is -2.42. The smallest absolute Gasteiger partial charge is 0.139 e. The summed E-state index contributed by atoms with van der Waals surface area (Å²) in [6.45, 7) is 2.22. The zero-order valence-corrected chi connectivity index (χ0v) is 14.4. The van der Waals surface area contributed by atoms with Gasteiger partial charge in [-0.1, -0.05) is 13.0 Å². The molecule has 2 fully saturated rings. The molecule has 4 rings (SSSR count). The molecule has 1 aromatic rings. The molecule has 0 aliphatic heterocycles. The Kier molecular flexibility index (Phi) is 5.40. The Labute approximate surface area is 145 Å². The van der Waals surface area contributed by atoms with Gasteiger partial charge in [0.25, 0.3) is 0 Å². The van der Waals surface area contributed by atoms with Gasteiger partial charge in [-0.3, -0.25) is 4.79 Å². The summed E-state index contributed by atoms with van der Waals surface area (Å²) in [7, 11) is 0. The second kappa shape index (κ2) is 7.14. The minimum absolute atomic E-state index is 0.0322. The number of Topliss-reactive ketones (excluding diaryl/α,β-unsaturated/α-hetero) is 1. The molecule has 2 saturated carbocycles. The molecule has 2 nitrogen and oxygen atoms in total. The Balaban J connectivity index is 0.000000487. The molecule has 0 bridgehead atoms. The second-order valence-electron chi connectivity index (χ2n) is 7.22. The number of fused-ring (bicyclic) bond motifs is 5. The number of aromatic hydroxyl groups is 1. The van der Waals surface area contributed by atoms with E-state index in [0.29, 0.717) is 29.3 Å². The van der Waals surface area contributed by atoms with Gasteiger partial charge in [0.15, 0.2) is 0 Å². The molecule has 0 spiro atoms. The van der Waals surface area contributed by atoms with Crippen molar-refractivity contribution in [1.29, 1.82) is 0 Å². The van der Waals surface area contributed by atoms with Crippen LogP contribution in [-0.2, 0) is 11.2 Å². The minimum Gasteiger partial charge on any atom is -0.508 e. The number of terminal acetylenes is 2. The maximum Gasteiger partial charge on any atom is 0.139 e. The van der Waals surface area contributed by atoms with E-state index in [1.807, 2.05) is 12.1 Å². The number of benzene rings is 1. The van der Waals surface area contributed by atoms with Crippen molar-refractivity contribution in [2.45, 2.75) is 51.4 Å². The Morgan fingerprint density at radius 2 is 1.79 bits per heavy atom. The van der Waals surface area contributed by atoms with Crippen LogP contribution in [0.2, 0.25) is 0 Å². The SMILES string of the molecule is C#C.C#C.C[C@]12CCC3c4ccc(O)cc4CC[C@H]3C1CCC2=O. The van der Waals surface area contributed by atoms with Crippen LogP contribution in [0, 0.1) is 42.9 Å². The molecule has 2 unspecified atom stereocenters. The third kappa shape index (κ3) is 2.71. The normalized spacial score (nSPS) is 32.7. The molecular formula is C22H26O2. The van der Waals surface area contributed by atoms with Gasteiger partial charge in [-0.15, -0.1) is 25.7 Å². The summed E-state index contributed by atoms with van der Waals surface area (Å²) in [6, 6.07) is 5.90. The predicted octanol–water partition coefficient (Wildman–Crippen LogP) is 4.32. The van der Waals surface area contributed by atoms with Crippen molar-refractivity contribution in [3.8, 4) is 31.4 Å². The summed E-state index contributed by atoms with van der Waals surface area (Å²) in [5.74, 6) is 2.78. The van der Waals surface area contributed by atoms with E-state index in [1.165, 1.54) is 17.5 Å². The van der Waals surface area contributed by atoms with Crippen molar-refractivity contribution >= 4 is 5.78 Å². The lowest BCUT2D eigenvalue weighted by Gasteiger charge is -2.48. The van der Waals surface area contributed by atoms with E-state index < -0.39 is 0 Å². The van der Waals surface area contributed by atoms with E-state index in [0.717, 1.165) is 32.1 Å². The summed E-state index contributed by atoms with van der Waals surface area (Å²) in [4.78, 5) is 12.3. The number of phenols is 1. The molecule has 3 aliphatic rings. The number of rotatable bonds is 0. The van der Waals surface area contributed by atoms with Gasteiger partial charge in [0.1, 0.15) is 11.5 Å². The number of phenolic OH excluding ortho intramolecular Hbond substituents is 1. The predicted molar refractivity (Wildman–Crippen MR) is 97.5 cm³/mol. The van der Waals surface area contributed by atoms with E-state index in [1.54, 1.807) is 0 Å². The standard InChI is InChI=1S/C18H22O2.2C2H2/c1-18-9-8-14-13-5-3-12(19)10-11(13)2-4-15(14)16(18)6-7-17(18)20;2*1-2/h3,5,10,14-16,19H,2,4,6-9H2,1H3;2*1-2H/t14?,15-,16?,18+;;/m1../s1. The first kappa shape index (κ1) is 18.2. The molecule has 2 heteroatoms.